The van der Waals surface area contributed by atoms with Gasteiger partial charge in [0.25, 0.3) is 11.8 Å². The van der Waals surface area contributed by atoms with Gasteiger partial charge in [-0.25, -0.2) is 0 Å². The molecule has 1 aromatic heterocycles. The van der Waals surface area contributed by atoms with Crippen LogP contribution in [0.5, 0.6) is 5.75 Å². The monoisotopic (exact) mass is 516 g/mol. The molecule has 5 nitrogen and oxygen atoms in total. The number of thiophene rings is 1. The highest BCUT2D eigenvalue weighted by Gasteiger charge is 2.33. The molecular weight excluding hydrogens is 491 g/mol. The number of benzene rings is 1. The van der Waals surface area contributed by atoms with Gasteiger partial charge in [-0.3, -0.25) is 9.59 Å². The van der Waals surface area contributed by atoms with E-state index in [4.69, 9.17) is 45.3 Å². The Hall–Kier alpha value is -1.47. The van der Waals surface area contributed by atoms with E-state index in [2.05, 4.69) is 26.1 Å². The molecule has 0 saturated heterocycles. The SMILES string of the molecule is Cc1c(Cl)c(C)c(Cl)c(OCC(=O)Nc2sc3c(c2C(N)=O)CCC(C(C)(C)C)C3)c1Cl. The second-order valence-corrected chi connectivity index (χ2v) is 11.5. The fourth-order valence-corrected chi connectivity index (χ4v) is 6.18. The molecule has 174 valence electrons. The number of amides is 2. The van der Waals surface area contributed by atoms with Crippen LogP contribution in [0, 0.1) is 25.2 Å². The topological polar surface area (TPSA) is 81.4 Å². The molecule has 0 radical (unpaired) electrons. The second kappa shape index (κ2) is 9.41. The number of primary amides is 1. The quantitative estimate of drug-likeness (QED) is 0.469. The first-order chi connectivity index (χ1) is 14.8. The van der Waals surface area contributed by atoms with Crippen LogP contribution in [0.2, 0.25) is 15.1 Å². The average molecular weight is 518 g/mol. The number of anilines is 1. The summed E-state index contributed by atoms with van der Waals surface area (Å²) in [5.41, 5.74) is 8.44. The van der Waals surface area contributed by atoms with E-state index in [0.29, 0.717) is 32.6 Å². The predicted octanol–water partition coefficient (Wildman–Crippen LogP) is 6.59. The summed E-state index contributed by atoms with van der Waals surface area (Å²) >= 11 is 20.3. The highest BCUT2D eigenvalue weighted by molar-refractivity contribution is 7.17. The third-order valence-electron chi connectivity index (χ3n) is 6.05. The van der Waals surface area contributed by atoms with Crippen molar-refractivity contribution >= 4 is 63.0 Å². The van der Waals surface area contributed by atoms with Crippen molar-refractivity contribution in [3.63, 3.8) is 0 Å². The lowest BCUT2D eigenvalue weighted by Crippen LogP contribution is -2.27. The van der Waals surface area contributed by atoms with Crippen molar-refractivity contribution in [2.45, 2.75) is 53.9 Å². The Morgan fingerprint density at radius 1 is 1.12 bits per heavy atom. The molecule has 1 aromatic carbocycles. The third-order valence-corrected chi connectivity index (χ3v) is 8.70. The first-order valence-corrected chi connectivity index (χ1v) is 12.3. The molecule has 2 aromatic rings. The van der Waals surface area contributed by atoms with E-state index in [9.17, 15) is 9.59 Å². The Bertz CT molecular complexity index is 1060. The molecule has 0 saturated carbocycles. The highest BCUT2D eigenvalue weighted by atomic mass is 35.5. The van der Waals surface area contributed by atoms with Gasteiger partial charge in [-0.2, -0.15) is 0 Å². The van der Waals surface area contributed by atoms with Gasteiger partial charge in [-0.15, -0.1) is 11.3 Å². The van der Waals surface area contributed by atoms with Crippen molar-refractivity contribution in [3.05, 3.63) is 42.2 Å². The smallest absolute Gasteiger partial charge is 0.262 e. The number of hydrogen-bond acceptors (Lipinski definition) is 4. The largest absolute Gasteiger partial charge is 0.481 e. The average Bonchev–Trinajstić information content (AvgIpc) is 3.07. The maximum atomic E-state index is 12.7. The normalized spacial score (nSPS) is 15.9. The van der Waals surface area contributed by atoms with Crippen molar-refractivity contribution in [1.29, 1.82) is 0 Å². The van der Waals surface area contributed by atoms with Gasteiger partial charge in [-0.1, -0.05) is 55.6 Å². The Morgan fingerprint density at radius 3 is 2.25 bits per heavy atom. The maximum Gasteiger partial charge on any atom is 0.262 e. The van der Waals surface area contributed by atoms with Crippen LogP contribution in [0.4, 0.5) is 5.00 Å². The molecular formula is C23H27Cl3N2O3S. The third kappa shape index (κ3) is 4.89. The van der Waals surface area contributed by atoms with Gasteiger partial charge >= 0.3 is 0 Å². The van der Waals surface area contributed by atoms with E-state index >= 15 is 0 Å². The van der Waals surface area contributed by atoms with Crippen molar-refractivity contribution in [1.82, 2.24) is 0 Å². The molecule has 0 spiro atoms. The molecule has 3 N–H and O–H groups in total. The van der Waals surface area contributed by atoms with Gasteiger partial charge in [0, 0.05) is 9.90 Å². The van der Waals surface area contributed by atoms with E-state index < -0.39 is 11.8 Å². The maximum absolute atomic E-state index is 12.7. The predicted molar refractivity (Wildman–Crippen MR) is 133 cm³/mol. The summed E-state index contributed by atoms with van der Waals surface area (Å²) in [4.78, 5) is 26.0. The Kier molecular flexibility index (Phi) is 7.40. The molecule has 0 fully saturated rings. The molecule has 0 aliphatic heterocycles. The van der Waals surface area contributed by atoms with Crippen LogP contribution < -0.4 is 15.8 Å². The van der Waals surface area contributed by atoms with Crippen LogP contribution in [0.15, 0.2) is 0 Å². The summed E-state index contributed by atoms with van der Waals surface area (Å²) in [7, 11) is 0. The van der Waals surface area contributed by atoms with E-state index in [1.165, 1.54) is 11.3 Å². The first-order valence-electron chi connectivity index (χ1n) is 10.3. The van der Waals surface area contributed by atoms with E-state index in [1.807, 2.05) is 0 Å². The number of carbonyl (C=O) groups is 2. The summed E-state index contributed by atoms with van der Waals surface area (Å²) in [6, 6.07) is 0. The van der Waals surface area contributed by atoms with Gasteiger partial charge in [-0.05, 0) is 61.1 Å². The fraction of sp³-hybridized carbons (Fsp3) is 0.478. The Balaban J connectivity index is 1.80. The van der Waals surface area contributed by atoms with Crippen molar-refractivity contribution < 1.29 is 14.3 Å². The minimum atomic E-state index is -0.539. The number of halogens is 3. The molecule has 0 bridgehead atoms. The van der Waals surface area contributed by atoms with Gasteiger partial charge in [0.05, 0.1) is 15.6 Å². The molecule has 3 rings (SSSR count). The summed E-state index contributed by atoms with van der Waals surface area (Å²) in [6.07, 6.45) is 2.62. The number of fused-ring (bicyclic) bond motifs is 1. The van der Waals surface area contributed by atoms with Crippen LogP contribution in [-0.2, 0) is 17.6 Å². The van der Waals surface area contributed by atoms with Crippen molar-refractivity contribution in [2.75, 3.05) is 11.9 Å². The lowest BCUT2D eigenvalue weighted by Gasteiger charge is -2.33. The fourth-order valence-electron chi connectivity index (χ4n) is 4.01. The number of hydrogen-bond donors (Lipinski definition) is 2. The Morgan fingerprint density at radius 2 is 1.72 bits per heavy atom. The van der Waals surface area contributed by atoms with Crippen LogP contribution in [0.1, 0.15) is 59.1 Å². The van der Waals surface area contributed by atoms with Crippen molar-refractivity contribution in [2.24, 2.45) is 17.1 Å². The summed E-state index contributed by atoms with van der Waals surface area (Å²) < 4.78 is 5.64. The number of rotatable bonds is 5. The van der Waals surface area contributed by atoms with E-state index in [-0.39, 0.29) is 27.8 Å². The van der Waals surface area contributed by atoms with Crippen LogP contribution in [-0.4, -0.2) is 18.4 Å². The number of ether oxygens (including phenoxy) is 1. The zero-order valence-corrected chi connectivity index (χ0v) is 21.8. The summed E-state index contributed by atoms with van der Waals surface area (Å²) in [5.74, 6) is -0.266. The molecule has 2 amide bonds. The first kappa shape index (κ1) is 25.2. The summed E-state index contributed by atoms with van der Waals surface area (Å²) in [6.45, 7) is 9.85. The van der Waals surface area contributed by atoms with Crippen LogP contribution in [0.25, 0.3) is 0 Å². The lowest BCUT2D eigenvalue weighted by molar-refractivity contribution is -0.118. The van der Waals surface area contributed by atoms with Gasteiger partial charge in [0.2, 0.25) is 0 Å². The highest BCUT2D eigenvalue weighted by Crippen LogP contribution is 2.45. The molecule has 1 aliphatic rings. The van der Waals surface area contributed by atoms with Gasteiger partial charge < -0.3 is 15.8 Å². The second-order valence-electron chi connectivity index (χ2n) is 9.24. The van der Waals surface area contributed by atoms with Gasteiger partial charge in [0.1, 0.15) is 5.00 Å². The zero-order chi connectivity index (χ0) is 24.0. The van der Waals surface area contributed by atoms with Crippen molar-refractivity contribution in [3.8, 4) is 5.75 Å². The molecule has 1 heterocycles. The Labute approximate surface area is 207 Å². The molecule has 1 aliphatic carbocycles. The lowest BCUT2D eigenvalue weighted by atomic mass is 9.72. The minimum absolute atomic E-state index is 0.166. The number of carbonyl (C=O) groups excluding carboxylic acids is 2. The molecule has 32 heavy (non-hydrogen) atoms. The van der Waals surface area contributed by atoms with E-state index in [0.717, 1.165) is 29.7 Å². The van der Waals surface area contributed by atoms with Crippen LogP contribution in [0.3, 0.4) is 0 Å². The molecule has 1 atom stereocenters. The number of nitrogens with one attached hydrogen (secondary N) is 1. The zero-order valence-electron chi connectivity index (χ0n) is 18.8. The molecule has 9 heteroatoms. The summed E-state index contributed by atoms with van der Waals surface area (Å²) in [5, 5.41) is 4.24. The number of nitrogens with two attached hydrogens (primary N) is 1. The standard InChI is InChI=1S/C23H27Cl3N2O3S/c1-10-17(24)11(2)19(26)20(18(10)25)31-9-15(29)28-22-16(21(27)30)13-7-6-12(23(3,4)5)8-14(13)32-22/h12H,6-9H2,1-5H3,(H2,27,30)(H,28,29). The minimum Gasteiger partial charge on any atom is -0.481 e. The van der Waals surface area contributed by atoms with Gasteiger partial charge in [0.15, 0.2) is 12.4 Å². The molecule has 1 unspecified atom stereocenters. The van der Waals surface area contributed by atoms with Crippen LogP contribution >= 0.6 is 46.1 Å². The van der Waals surface area contributed by atoms with E-state index in [1.54, 1.807) is 13.8 Å².